The van der Waals surface area contributed by atoms with E-state index >= 15 is 0 Å². The molecule has 1 aliphatic rings. The van der Waals surface area contributed by atoms with E-state index in [4.69, 9.17) is 12.2 Å². The second kappa shape index (κ2) is 5.46. The van der Waals surface area contributed by atoms with Crippen LogP contribution in [0.2, 0.25) is 0 Å². The predicted octanol–water partition coefficient (Wildman–Crippen LogP) is 3.63. The SMILES string of the molecule is [2H]C([2H])(CCOc1ccn(C(=O)OC(C)(C)C)n1)C1(C)CC1. The van der Waals surface area contributed by atoms with Gasteiger partial charge in [0.2, 0.25) is 5.88 Å². The van der Waals surface area contributed by atoms with Crippen LogP contribution in [0.3, 0.4) is 0 Å². The van der Waals surface area contributed by atoms with Crippen molar-refractivity contribution in [2.45, 2.75) is 58.9 Å². The molecular formula is C15H24N2O3. The maximum Gasteiger partial charge on any atom is 0.435 e. The van der Waals surface area contributed by atoms with Crippen LogP contribution in [-0.4, -0.2) is 28.1 Å². The Morgan fingerprint density at radius 3 is 2.85 bits per heavy atom. The molecule has 1 fully saturated rings. The maximum absolute atomic E-state index is 11.8. The van der Waals surface area contributed by atoms with Gasteiger partial charge in [-0.3, -0.25) is 0 Å². The summed E-state index contributed by atoms with van der Waals surface area (Å²) in [6.07, 6.45) is 1.83. The molecule has 5 nitrogen and oxygen atoms in total. The van der Waals surface area contributed by atoms with Crippen LogP contribution in [0.25, 0.3) is 0 Å². The molecule has 0 unspecified atom stereocenters. The minimum Gasteiger partial charge on any atom is -0.477 e. The molecule has 0 radical (unpaired) electrons. The van der Waals surface area contributed by atoms with Gasteiger partial charge in [-0.05, 0) is 51.8 Å². The van der Waals surface area contributed by atoms with Gasteiger partial charge in [-0.2, -0.15) is 4.68 Å². The second-order valence-corrected chi connectivity index (χ2v) is 6.41. The standard InChI is InChI=1S/C15H24N2O3/c1-14(2,3)20-13(18)17-10-6-12(16-17)19-11-5-7-15(4)8-9-15/h6,10H,5,7-9,11H2,1-4H3/i7D2. The molecule has 1 heterocycles. The van der Waals surface area contributed by atoms with Gasteiger partial charge in [0.15, 0.2) is 0 Å². The summed E-state index contributed by atoms with van der Waals surface area (Å²) in [5.41, 5.74) is -0.800. The van der Waals surface area contributed by atoms with Crippen LogP contribution in [0.5, 0.6) is 5.88 Å². The lowest BCUT2D eigenvalue weighted by Crippen LogP contribution is -2.27. The monoisotopic (exact) mass is 282 g/mol. The van der Waals surface area contributed by atoms with Crippen LogP contribution in [0.15, 0.2) is 12.3 Å². The zero-order valence-corrected chi connectivity index (χ0v) is 12.6. The van der Waals surface area contributed by atoms with E-state index in [1.54, 1.807) is 26.8 Å². The van der Waals surface area contributed by atoms with Crippen LogP contribution in [0.4, 0.5) is 4.79 Å². The molecule has 1 aliphatic carbocycles. The molecule has 0 N–H and O–H groups in total. The van der Waals surface area contributed by atoms with Gasteiger partial charge in [0.05, 0.1) is 6.61 Å². The molecule has 0 spiro atoms. The third-order valence-electron chi connectivity index (χ3n) is 3.05. The highest BCUT2D eigenvalue weighted by molar-refractivity contribution is 5.69. The number of carbonyl (C=O) groups excluding carboxylic acids is 1. The van der Waals surface area contributed by atoms with Gasteiger partial charge < -0.3 is 9.47 Å². The van der Waals surface area contributed by atoms with Crippen molar-refractivity contribution >= 4 is 6.09 Å². The number of carbonyl (C=O) groups is 1. The first-order valence-electron chi connectivity index (χ1n) is 7.94. The number of hydrogen-bond donors (Lipinski definition) is 0. The van der Waals surface area contributed by atoms with Crippen molar-refractivity contribution in [3.05, 3.63) is 12.3 Å². The Kier molecular flexibility index (Phi) is 3.34. The average Bonchev–Trinajstić information content (AvgIpc) is 2.96. The number of ether oxygens (including phenoxy) is 2. The molecule has 5 heteroatoms. The van der Waals surface area contributed by atoms with Crippen LogP contribution in [0, 0.1) is 5.41 Å². The largest absolute Gasteiger partial charge is 0.477 e. The summed E-state index contributed by atoms with van der Waals surface area (Å²) < 4.78 is 27.9. The Labute approximate surface area is 123 Å². The molecule has 20 heavy (non-hydrogen) atoms. The second-order valence-electron chi connectivity index (χ2n) is 6.41. The first-order chi connectivity index (χ1) is 10.0. The summed E-state index contributed by atoms with van der Waals surface area (Å²) in [5, 5.41) is 3.99. The Bertz CT molecular complexity index is 545. The van der Waals surface area contributed by atoms with E-state index in [1.165, 1.54) is 6.20 Å². The Balaban J connectivity index is 1.84. The first kappa shape index (κ1) is 12.2. The normalized spacial score (nSPS) is 19.0. The molecule has 1 aromatic heterocycles. The molecule has 0 amide bonds. The van der Waals surface area contributed by atoms with Crippen molar-refractivity contribution < 1.29 is 17.0 Å². The van der Waals surface area contributed by atoms with Crippen molar-refractivity contribution in [1.29, 1.82) is 0 Å². The van der Waals surface area contributed by atoms with Crippen LogP contribution >= 0.6 is 0 Å². The minimum absolute atomic E-state index is 0.216. The van der Waals surface area contributed by atoms with E-state index in [1.807, 2.05) is 6.92 Å². The zero-order chi connectivity index (χ0) is 16.6. The molecule has 1 saturated carbocycles. The molecule has 0 aliphatic heterocycles. The van der Waals surface area contributed by atoms with E-state index in [9.17, 15) is 4.79 Å². The van der Waals surface area contributed by atoms with Crippen molar-refractivity contribution in [3.8, 4) is 5.88 Å². The van der Waals surface area contributed by atoms with Gasteiger partial charge in [-0.15, -0.1) is 5.10 Å². The fourth-order valence-corrected chi connectivity index (χ4v) is 1.67. The predicted molar refractivity (Wildman–Crippen MR) is 75.9 cm³/mol. The minimum atomic E-state index is -1.24. The average molecular weight is 282 g/mol. The molecule has 2 rings (SSSR count). The van der Waals surface area contributed by atoms with Gasteiger partial charge in [-0.1, -0.05) is 6.92 Å². The number of nitrogens with zero attached hydrogens (tertiary/aromatic N) is 2. The number of hydrogen-bond acceptors (Lipinski definition) is 4. The summed E-state index contributed by atoms with van der Waals surface area (Å²) in [6, 6.07) is 1.57. The fourth-order valence-electron chi connectivity index (χ4n) is 1.67. The Hall–Kier alpha value is -1.52. The number of rotatable bonds is 5. The Morgan fingerprint density at radius 1 is 1.55 bits per heavy atom. The third-order valence-corrected chi connectivity index (χ3v) is 3.05. The Morgan fingerprint density at radius 2 is 2.25 bits per heavy atom. The van der Waals surface area contributed by atoms with Crippen molar-refractivity contribution in [2.24, 2.45) is 5.41 Å². The summed E-state index contributed by atoms with van der Waals surface area (Å²) in [6.45, 7) is 7.54. The maximum atomic E-state index is 11.8. The van der Waals surface area contributed by atoms with Crippen LogP contribution in [0.1, 0.15) is 56.1 Å². The van der Waals surface area contributed by atoms with Gasteiger partial charge in [0.1, 0.15) is 5.60 Å². The molecule has 0 atom stereocenters. The summed E-state index contributed by atoms with van der Waals surface area (Å²) in [5.74, 6) is 0.294. The highest BCUT2D eigenvalue weighted by atomic mass is 16.6. The van der Waals surface area contributed by atoms with E-state index in [-0.39, 0.29) is 12.0 Å². The first-order valence-corrected chi connectivity index (χ1v) is 6.94. The molecule has 1 aromatic rings. The number of aromatic nitrogens is 2. The summed E-state index contributed by atoms with van der Waals surface area (Å²) >= 11 is 0. The molecular weight excluding hydrogens is 256 g/mol. The van der Waals surface area contributed by atoms with E-state index in [2.05, 4.69) is 5.10 Å². The van der Waals surface area contributed by atoms with Crippen molar-refractivity contribution in [1.82, 2.24) is 9.78 Å². The van der Waals surface area contributed by atoms with Crippen molar-refractivity contribution in [2.75, 3.05) is 6.61 Å². The quantitative estimate of drug-likeness (QED) is 0.827. The molecule has 0 aromatic carbocycles. The highest BCUT2D eigenvalue weighted by Gasteiger charge is 2.36. The van der Waals surface area contributed by atoms with E-state index in [0.717, 1.165) is 17.5 Å². The summed E-state index contributed by atoms with van der Waals surface area (Å²) in [7, 11) is 0. The topological polar surface area (TPSA) is 53.4 Å². The lowest BCUT2D eigenvalue weighted by Gasteiger charge is -2.18. The van der Waals surface area contributed by atoms with Crippen LogP contribution < -0.4 is 4.74 Å². The fraction of sp³-hybridized carbons (Fsp3) is 0.733. The van der Waals surface area contributed by atoms with E-state index in [0.29, 0.717) is 12.3 Å². The van der Waals surface area contributed by atoms with Gasteiger partial charge in [0, 0.05) is 15.0 Å². The lowest BCUT2D eigenvalue weighted by molar-refractivity contribution is 0.0511. The molecule has 0 saturated heterocycles. The highest BCUT2D eigenvalue weighted by Crippen LogP contribution is 2.48. The summed E-state index contributed by atoms with van der Waals surface area (Å²) in [4.78, 5) is 11.8. The molecule has 0 bridgehead atoms. The van der Waals surface area contributed by atoms with Crippen LogP contribution in [-0.2, 0) is 4.74 Å². The lowest BCUT2D eigenvalue weighted by atomic mass is 10.0. The zero-order valence-electron chi connectivity index (χ0n) is 14.6. The van der Waals surface area contributed by atoms with Gasteiger partial charge in [-0.25, -0.2) is 4.79 Å². The molecule has 112 valence electrons. The van der Waals surface area contributed by atoms with E-state index < -0.39 is 18.1 Å². The van der Waals surface area contributed by atoms with Crippen molar-refractivity contribution in [3.63, 3.8) is 0 Å². The van der Waals surface area contributed by atoms with Gasteiger partial charge in [0.25, 0.3) is 0 Å². The smallest absolute Gasteiger partial charge is 0.435 e. The van der Waals surface area contributed by atoms with Gasteiger partial charge >= 0.3 is 6.09 Å². The third kappa shape index (κ3) is 4.54.